The summed E-state index contributed by atoms with van der Waals surface area (Å²) in [6.45, 7) is 0. The number of methoxy groups -OCH3 is 3. The van der Waals surface area contributed by atoms with Crippen molar-refractivity contribution in [1.82, 2.24) is 4.98 Å². The quantitative estimate of drug-likeness (QED) is 0.710. The van der Waals surface area contributed by atoms with Gasteiger partial charge in [0, 0.05) is 34.5 Å². The van der Waals surface area contributed by atoms with E-state index in [0.29, 0.717) is 17.2 Å². The molecule has 5 nitrogen and oxygen atoms in total. The summed E-state index contributed by atoms with van der Waals surface area (Å²) in [6.07, 6.45) is 1.85. The molecular formula is C18H18N2O3S. The minimum Gasteiger partial charge on any atom is -0.493 e. The Balaban J connectivity index is 1.85. The molecule has 0 amide bonds. The fourth-order valence-electron chi connectivity index (χ4n) is 2.36. The molecule has 0 saturated carbocycles. The Hall–Kier alpha value is -2.73. The number of nitrogens with one attached hydrogen (secondary N) is 1. The molecule has 0 unspecified atom stereocenters. The average Bonchev–Trinajstić information content (AvgIpc) is 3.16. The third-order valence-electron chi connectivity index (χ3n) is 3.51. The van der Waals surface area contributed by atoms with Gasteiger partial charge in [0.1, 0.15) is 5.82 Å². The number of hydrogen-bond acceptors (Lipinski definition) is 6. The van der Waals surface area contributed by atoms with E-state index in [1.807, 2.05) is 36.5 Å². The van der Waals surface area contributed by atoms with Gasteiger partial charge in [0.05, 0.1) is 21.3 Å². The first kappa shape index (κ1) is 16.1. The number of anilines is 2. The van der Waals surface area contributed by atoms with Crippen molar-refractivity contribution in [1.29, 1.82) is 0 Å². The predicted octanol–water partition coefficient (Wildman–Crippen LogP) is 4.58. The van der Waals surface area contributed by atoms with Gasteiger partial charge in [-0.25, -0.2) is 4.98 Å². The molecule has 24 heavy (non-hydrogen) atoms. The average molecular weight is 342 g/mol. The van der Waals surface area contributed by atoms with Gasteiger partial charge in [-0.2, -0.15) is 0 Å². The van der Waals surface area contributed by atoms with E-state index in [0.717, 1.165) is 17.1 Å². The van der Waals surface area contributed by atoms with E-state index < -0.39 is 0 Å². The van der Waals surface area contributed by atoms with Crippen LogP contribution in [0.5, 0.6) is 17.2 Å². The van der Waals surface area contributed by atoms with Gasteiger partial charge < -0.3 is 19.5 Å². The number of thiophene rings is 1. The van der Waals surface area contributed by atoms with Gasteiger partial charge in [-0.15, -0.1) is 11.3 Å². The number of nitrogens with zero attached hydrogens (tertiary/aromatic N) is 1. The van der Waals surface area contributed by atoms with Crippen molar-refractivity contribution < 1.29 is 14.2 Å². The Bertz CT molecular complexity index is 777. The molecule has 6 heteroatoms. The zero-order valence-corrected chi connectivity index (χ0v) is 14.5. The van der Waals surface area contributed by atoms with Gasteiger partial charge in [0.2, 0.25) is 5.75 Å². The highest BCUT2D eigenvalue weighted by molar-refractivity contribution is 7.13. The van der Waals surface area contributed by atoms with Crippen LogP contribution in [-0.2, 0) is 0 Å². The predicted molar refractivity (Wildman–Crippen MR) is 96.9 cm³/mol. The third kappa shape index (κ3) is 3.28. The lowest BCUT2D eigenvalue weighted by molar-refractivity contribution is 0.324. The lowest BCUT2D eigenvalue weighted by atomic mass is 10.2. The van der Waals surface area contributed by atoms with Crippen LogP contribution in [0.1, 0.15) is 0 Å². The molecule has 0 aliphatic rings. The van der Waals surface area contributed by atoms with Crippen molar-refractivity contribution in [3.63, 3.8) is 0 Å². The van der Waals surface area contributed by atoms with Crippen molar-refractivity contribution in [2.24, 2.45) is 0 Å². The zero-order chi connectivity index (χ0) is 16.9. The molecule has 0 radical (unpaired) electrons. The highest BCUT2D eigenvalue weighted by Crippen LogP contribution is 2.40. The lowest BCUT2D eigenvalue weighted by Gasteiger charge is -2.15. The van der Waals surface area contributed by atoms with E-state index in [-0.39, 0.29) is 0 Å². The van der Waals surface area contributed by atoms with Crippen LogP contribution < -0.4 is 19.5 Å². The van der Waals surface area contributed by atoms with Crippen LogP contribution in [0.15, 0.2) is 48.0 Å². The van der Waals surface area contributed by atoms with E-state index in [2.05, 4.69) is 21.7 Å². The highest BCUT2D eigenvalue weighted by Gasteiger charge is 2.13. The summed E-state index contributed by atoms with van der Waals surface area (Å²) >= 11 is 1.69. The van der Waals surface area contributed by atoms with Gasteiger partial charge >= 0.3 is 0 Å². The first-order chi connectivity index (χ1) is 11.7. The molecule has 0 aliphatic heterocycles. The van der Waals surface area contributed by atoms with Crippen LogP contribution in [0.2, 0.25) is 0 Å². The molecule has 3 rings (SSSR count). The normalized spacial score (nSPS) is 10.3. The number of benzene rings is 1. The van der Waals surface area contributed by atoms with Crippen LogP contribution in [0.25, 0.3) is 10.4 Å². The maximum atomic E-state index is 5.36. The van der Waals surface area contributed by atoms with Crippen LogP contribution in [0.3, 0.4) is 0 Å². The van der Waals surface area contributed by atoms with Crippen molar-refractivity contribution in [3.05, 3.63) is 48.0 Å². The monoisotopic (exact) mass is 342 g/mol. The number of aromatic nitrogens is 1. The topological polar surface area (TPSA) is 52.6 Å². The van der Waals surface area contributed by atoms with Gasteiger partial charge in [0.15, 0.2) is 11.5 Å². The number of hydrogen-bond donors (Lipinski definition) is 1. The van der Waals surface area contributed by atoms with E-state index in [4.69, 9.17) is 14.2 Å². The molecular weight excluding hydrogens is 324 g/mol. The highest BCUT2D eigenvalue weighted by atomic mass is 32.1. The summed E-state index contributed by atoms with van der Waals surface area (Å²) in [6, 6.07) is 11.8. The molecule has 0 aliphatic carbocycles. The SMILES string of the molecule is COc1cc(Nc2ccc(-c3cccs3)cn2)cc(OC)c1OC. The molecule has 0 saturated heterocycles. The second-order valence-electron chi connectivity index (χ2n) is 4.95. The minimum atomic E-state index is 0.562. The van der Waals surface area contributed by atoms with Crippen LogP contribution in [-0.4, -0.2) is 26.3 Å². The van der Waals surface area contributed by atoms with Crippen molar-refractivity contribution in [2.75, 3.05) is 26.6 Å². The Morgan fingerprint density at radius 3 is 2.21 bits per heavy atom. The second kappa shape index (κ2) is 7.23. The molecule has 0 spiro atoms. The smallest absolute Gasteiger partial charge is 0.203 e. The first-order valence-electron chi connectivity index (χ1n) is 7.32. The van der Waals surface area contributed by atoms with Crippen molar-refractivity contribution in [3.8, 4) is 27.7 Å². The summed E-state index contributed by atoms with van der Waals surface area (Å²) < 4.78 is 16.1. The fraction of sp³-hybridized carbons (Fsp3) is 0.167. The fourth-order valence-corrected chi connectivity index (χ4v) is 3.08. The molecule has 0 atom stereocenters. The van der Waals surface area contributed by atoms with Crippen molar-refractivity contribution >= 4 is 22.8 Å². The van der Waals surface area contributed by atoms with Crippen LogP contribution in [0, 0.1) is 0 Å². The molecule has 0 fully saturated rings. The molecule has 124 valence electrons. The molecule has 1 aromatic carbocycles. The summed E-state index contributed by atoms with van der Waals surface area (Å²) in [5.74, 6) is 2.49. The standard InChI is InChI=1S/C18H18N2O3S/c1-21-14-9-13(10-15(22-2)18(14)23-3)20-17-7-6-12(11-19-17)16-5-4-8-24-16/h4-11H,1-3H3,(H,19,20). The lowest BCUT2D eigenvalue weighted by Crippen LogP contribution is -1.98. The van der Waals surface area contributed by atoms with Crippen LogP contribution >= 0.6 is 11.3 Å². The Kier molecular flexibility index (Phi) is 4.86. The third-order valence-corrected chi connectivity index (χ3v) is 4.43. The summed E-state index contributed by atoms with van der Waals surface area (Å²) in [4.78, 5) is 5.66. The van der Waals surface area contributed by atoms with Gasteiger partial charge in [-0.05, 0) is 23.6 Å². The van der Waals surface area contributed by atoms with E-state index in [1.54, 1.807) is 32.7 Å². The van der Waals surface area contributed by atoms with E-state index >= 15 is 0 Å². The molecule has 1 N–H and O–H groups in total. The van der Waals surface area contributed by atoms with Crippen LogP contribution in [0.4, 0.5) is 11.5 Å². The molecule has 2 heterocycles. The Morgan fingerprint density at radius 1 is 0.958 bits per heavy atom. The Morgan fingerprint density at radius 2 is 1.71 bits per heavy atom. The van der Waals surface area contributed by atoms with E-state index in [9.17, 15) is 0 Å². The minimum absolute atomic E-state index is 0.562. The van der Waals surface area contributed by atoms with Gasteiger partial charge in [0.25, 0.3) is 0 Å². The van der Waals surface area contributed by atoms with Gasteiger partial charge in [-0.3, -0.25) is 0 Å². The summed E-state index contributed by atoms with van der Waals surface area (Å²) in [7, 11) is 4.77. The summed E-state index contributed by atoms with van der Waals surface area (Å²) in [5.41, 5.74) is 1.90. The maximum absolute atomic E-state index is 5.36. The largest absolute Gasteiger partial charge is 0.493 e. The number of ether oxygens (including phenoxy) is 3. The summed E-state index contributed by atoms with van der Waals surface area (Å²) in [5, 5.41) is 5.31. The number of rotatable bonds is 6. The Labute approximate surface area is 144 Å². The first-order valence-corrected chi connectivity index (χ1v) is 8.20. The van der Waals surface area contributed by atoms with Gasteiger partial charge in [-0.1, -0.05) is 6.07 Å². The molecule has 3 aromatic rings. The molecule has 0 bridgehead atoms. The zero-order valence-electron chi connectivity index (χ0n) is 13.7. The number of pyridine rings is 1. The van der Waals surface area contributed by atoms with Crippen molar-refractivity contribution in [2.45, 2.75) is 0 Å². The van der Waals surface area contributed by atoms with E-state index in [1.165, 1.54) is 4.88 Å². The second-order valence-corrected chi connectivity index (χ2v) is 5.90. The maximum Gasteiger partial charge on any atom is 0.203 e. The molecule has 2 aromatic heterocycles.